The van der Waals surface area contributed by atoms with E-state index in [1.165, 1.54) is 10.9 Å². The molecule has 0 aromatic carbocycles. The van der Waals surface area contributed by atoms with Gasteiger partial charge >= 0.3 is 0 Å². The Hall–Kier alpha value is -2.31. The van der Waals surface area contributed by atoms with Crippen molar-refractivity contribution in [3.8, 4) is 0 Å². The van der Waals surface area contributed by atoms with Crippen LogP contribution >= 0.6 is 0 Å². The van der Waals surface area contributed by atoms with Gasteiger partial charge in [0.2, 0.25) is 0 Å². The molecule has 2 rings (SSSR count). The van der Waals surface area contributed by atoms with E-state index in [9.17, 15) is 4.79 Å². The summed E-state index contributed by atoms with van der Waals surface area (Å²) in [6.07, 6.45) is 2.14. The van der Waals surface area contributed by atoms with Crippen LogP contribution in [0.3, 0.4) is 0 Å². The third-order valence-corrected chi connectivity index (χ3v) is 2.63. The quantitative estimate of drug-likeness (QED) is 0.821. The molecule has 0 bridgehead atoms. The Morgan fingerprint density at radius 1 is 1.61 bits per heavy atom. The molecule has 0 unspecified atom stereocenters. The van der Waals surface area contributed by atoms with Crippen LogP contribution in [-0.2, 0) is 20.0 Å². The van der Waals surface area contributed by atoms with Crippen molar-refractivity contribution in [1.82, 2.24) is 20.3 Å². The van der Waals surface area contributed by atoms with E-state index >= 15 is 0 Å². The molecule has 1 amide bonds. The molecule has 0 saturated heterocycles. The Kier molecular flexibility index (Phi) is 3.31. The van der Waals surface area contributed by atoms with Gasteiger partial charge in [0.15, 0.2) is 0 Å². The summed E-state index contributed by atoms with van der Waals surface area (Å²) in [5.74, 6) is -0.273. The molecule has 96 valence electrons. The number of aromatic nitrogens is 3. The van der Waals surface area contributed by atoms with E-state index in [1.54, 1.807) is 13.1 Å². The van der Waals surface area contributed by atoms with E-state index in [1.807, 2.05) is 6.92 Å². The Balaban J connectivity index is 2.11. The summed E-state index contributed by atoms with van der Waals surface area (Å²) >= 11 is 0. The van der Waals surface area contributed by atoms with Crippen molar-refractivity contribution in [2.45, 2.75) is 19.9 Å². The fraction of sp³-hybridized carbons (Fsp3) is 0.364. The lowest BCUT2D eigenvalue weighted by atomic mass is 10.2. The van der Waals surface area contributed by atoms with Crippen molar-refractivity contribution in [3.05, 3.63) is 29.4 Å². The first-order chi connectivity index (χ1) is 8.63. The van der Waals surface area contributed by atoms with E-state index in [4.69, 9.17) is 5.73 Å². The van der Waals surface area contributed by atoms with Crippen molar-refractivity contribution in [3.63, 3.8) is 0 Å². The topological polar surface area (TPSA) is 99.0 Å². The Bertz CT molecular complexity index is 544. The highest BCUT2D eigenvalue weighted by atomic mass is 16.5. The summed E-state index contributed by atoms with van der Waals surface area (Å²) in [4.78, 5) is 12.0. The number of carbonyl (C=O) groups is 1. The lowest BCUT2D eigenvalue weighted by Crippen LogP contribution is -2.26. The third-order valence-electron chi connectivity index (χ3n) is 2.63. The summed E-state index contributed by atoms with van der Waals surface area (Å²) < 4.78 is 6.17. The number of rotatable bonds is 4. The average molecular weight is 249 g/mol. The minimum Gasteiger partial charge on any atom is -0.395 e. The van der Waals surface area contributed by atoms with Gasteiger partial charge in [0.05, 0.1) is 17.9 Å². The normalized spacial score (nSPS) is 10.6. The maximum absolute atomic E-state index is 12.0. The van der Waals surface area contributed by atoms with Crippen molar-refractivity contribution in [2.24, 2.45) is 7.05 Å². The largest absolute Gasteiger partial charge is 0.395 e. The first-order valence-electron chi connectivity index (χ1n) is 5.62. The second-order valence-electron chi connectivity index (χ2n) is 3.86. The second-order valence-corrected chi connectivity index (χ2v) is 3.86. The Morgan fingerprint density at radius 3 is 2.94 bits per heavy atom. The highest BCUT2D eigenvalue weighted by molar-refractivity contribution is 5.97. The summed E-state index contributed by atoms with van der Waals surface area (Å²) in [5, 5.41) is 10.6. The summed E-state index contributed by atoms with van der Waals surface area (Å²) in [7, 11) is 1.69. The van der Waals surface area contributed by atoms with E-state index in [0.717, 1.165) is 5.69 Å². The highest BCUT2D eigenvalue weighted by Crippen LogP contribution is 2.16. The molecule has 2 aromatic heterocycles. The number of aryl methyl sites for hydroxylation is 2. The molecule has 18 heavy (non-hydrogen) atoms. The molecule has 0 radical (unpaired) electrons. The fourth-order valence-corrected chi connectivity index (χ4v) is 1.71. The average Bonchev–Trinajstić information content (AvgIpc) is 2.94. The van der Waals surface area contributed by atoms with E-state index in [0.29, 0.717) is 30.0 Å². The fourth-order valence-electron chi connectivity index (χ4n) is 1.71. The third kappa shape index (κ3) is 2.20. The standard InChI is InChI=1S/C11H15N5O2/c1-3-8-9(12)10(16(2)14-8)11(17)13-6-7-4-5-18-15-7/h4-5H,3,6,12H2,1-2H3,(H,13,17). The second kappa shape index (κ2) is 4.91. The predicted octanol–water partition coefficient (Wildman–Crippen LogP) is 0.483. The zero-order chi connectivity index (χ0) is 13.1. The van der Waals surface area contributed by atoms with E-state index in [2.05, 4.69) is 20.1 Å². The number of hydrogen-bond acceptors (Lipinski definition) is 5. The van der Waals surface area contributed by atoms with Crippen molar-refractivity contribution < 1.29 is 9.32 Å². The zero-order valence-electron chi connectivity index (χ0n) is 10.3. The van der Waals surface area contributed by atoms with Crippen LogP contribution in [0.25, 0.3) is 0 Å². The molecule has 0 atom stereocenters. The van der Waals surface area contributed by atoms with Crippen LogP contribution in [0.4, 0.5) is 5.69 Å². The molecule has 0 spiro atoms. The van der Waals surface area contributed by atoms with Crippen molar-refractivity contribution >= 4 is 11.6 Å². The maximum Gasteiger partial charge on any atom is 0.272 e. The Labute approximate surface area is 104 Å². The van der Waals surface area contributed by atoms with Gasteiger partial charge in [0.1, 0.15) is 17.7 Å². The molecule has 0 aliphatic heterocycles. The number of anilines is 1. The molecule has 0 fully saturated rings. The predicted molar refractivity (Wildman–Crippen MR) is 64.7 cm³/mol. The molecule has 7 nitrogen and oxygen atoms in total. The SMILES string of the molecule is CCc1nn(C)c(C(=O)NCc2ccon2)c1N. The smallest absolute Gasteiger partial charge is 0.272 e. The minimum absolute atomic E-state index is 0.273. The maximum atomic E-state index is 12.0. The van der Waals surface area contributed by atoms with Crippen LogP contribution in [0.2, 0.25) is 0 Å². The number of nitrogen functional groups attached to an aromatic ring is 1. The molecule has 7 heteroatoms. The first kappa shape index (κ1) is 12.2. The summed E-state index contributed by atoms with van der Waals surface area (Å²) in [5.41, 5.74) is 8.06. The number of amides is 1. The van der Waals surface area contributed by atoms with Crippen molar-refractivity contribution in [2.75, 3.05) is 5.73 Å². The lowest BCUT2D eigenvalue weighted by molar-refractivity contribution is 0.0941. The number of nitrogens with two attached hydrogens (primary N) is 1. The molecular weight excluding hydrogens is 234 g/mol. The van der Waals surface area contributed by atoms with Gasteiger partial charge in [-0.05, 0) is 6.42 Å². The lowest BCUT2D eigenvalue weighted by Gasteiger charge is -2.04. The molecule has 2 aromatic rings. The van der Waals surface area contributed by atoms with Gasteiger partial charge in [-0.3, -0.25) is 9.48 Å². The molecular formula is C11H15N5O2. The van der Waals surface area contributed by atoms with Gasteiger partial charge in [0.25, 0.3) is 5.91 Å². The van der Waals surface area contributed by atoms with Gasteiger partial charge in [0, 0.05) is 13.1 Å². The van der Waals surface area contributed by atoms with Crippen LogP contribution < -0.4 is 11.1 Å². The summed E-state index contributed by atoms with van der Waals surface area (Å²) in [6.45, 7) is 2.23. The van der Waals surface area contributed by atoms with Crippen LogP contribution in [-0.4, -0.2) is 20.8 Å². The number of carbonyl (C=O) groups excluding carboxylic acids is 1. The number of hydrogen-bond donors (Lipinski definition) is 2. The molecule has 0 saturated carbocycles. The zero-order valence-corrected chi connectivity index (χ0v) is 10.3. The monoisotopic (exact) mass is 249 g/mol. The van der Waals surface area contributed by atoms with Gasteiger partial charge < -0.3 is 15.6 Å². The van der Waals surface area contributed by atoms with Gasteiger partial charge in [-0.1, -0.05) is 12.1 Å². The van der Waals surface area contributed by atoms with E-state index < -0.39 is 0 Å². The first-order valence-corrected chi connectivity index (χ1v) is 5.62. The molecule has 2 heterocycles. The Morgan fingerprint density at radius 2 is 2.39 bits per heavy atom. The minimum atomic E-state index is -0.273. The highest BCUT2D eigenvalue weighted by Gasteiger charge is 2.18. The summed E-state index contributed by atoms with van der Waals surface area (Å²) in [6, 6.07) is 1.68. The van der Waals surface area contributed by atoms with Crippen LogP contribution in [0.15, 0.2) is 16.9 Å². The van der Waals surface area contributed by atoms with Crippen LogP contribution in [0, 0.1) is 0 Å². The van der Waals surface area contributed by atoms with Gasteiger partial charge in [-0.25, -0.2) is 0 Å². The number of nitrogens with zero attached hydrogens (tertiary/aromatic N) is 3. The van der Waals surface area contributed by atoms with Gasteiger partial charge in [-0.15, -0.1) is 0 Å². The van der Waals surface area contributed by atoms with Crippen LogP contribution in [0.5, 0.6) is 0 Å². The van der Waals surface area contributed by atoms with Crippen molar-refractivity contribution in [1.29, 1.82) is 0 Å². The molecule has 0 aliphatic carbocycles. The van der Waals surface area contributed by atoms with Crippen LogP contribution in [0.1, 0.15) is 28.8 Å². The molecule has 3 N–H and O–H groups in total. The van der Waals surface area contributed by atoms with Gasteiger partial charge in [-0.2, -0.15) is 5.10 Å². The number of nitrogens with one attached hydrogen (secondary N) is 1. The molecule has 0 aliphatic rings. The van der Waals surface area contributed by atoms with E-state index in [-0.39, 0.29) is 5.91 Å².